The molecular weight excluding hydrogens is 307 g/mol. The van der Waals surface area contributed by atoms with E-state index in [-0.39, 0.29) is 11.1 Å². The summed E-state index contributed by atoms with van der Waals surface area (Å²) >= 11 is 5.59. The summed E-state index contributed by atoms with van der Waals surface area (Å²) in [5.41, 5.74) is 0.701. The number of benzene rings is 1. The molecule has 0 N–H and O–H groups in total. The van der Waals surface area contributed by atoms with E-state index < -0.39 is 18.8 Å². The predicted molar refractivity (Wildman–Crippen MR) is 68.8 cm³/mol. The SMILES string of the molecule is FC(F)(F)COc1nc(Cl)nc(C#Cc2ccccc2)n1. The fraction of sp³-hybridized carbons (Fsp3) is 0.154. The number of aromatic nitrogens is 3. The number of alkyl halides is 3. The highest BCUT2D eigenvalue weighted by Crippen LogP contribution is 2.16. The molecule has 0 amide bonds. The van der Waals surface area contributed by atoms with Gasteiger partial charge in [0.2, 0.25) is 11.1 Å². The molecule has 1 heterocycles. The van der Waals surface area contributed by atoms with Crippen molar-refractivity contribution in [1.82, 2.24) is 15.0 Å². The number of halogens is 4. The van der Waals surface area contributed by atoms with Crippen LogP contribution in [-0.2, 0) is 0 Å². The van der Waals surface area contributed by atoms with Gasteiger partial charge in [-0.15, -0.1) is 0 Å². The Labute approximate surface area is 123 Å². The van der Waals surface area contributed by atoms with E-state index in [9.17, 15) is 13.2 Å². The number of ether oxygens (including phenoxy) is 1. The molecule has 0 aliphatic rings. The first kappa shape index (κ1) is 15.1. The first-order valence-electron chi connectivity index (χ1n) is 5.60. The van der Waals surface area contributed by atoms with Crippen molar-refractivity contribution in [3.8, 4) is 17.9 Å². The van der Waals surface area contributed by atoms with Gasteiger partial charge in [0.25, 0.3) is 0 Å². The van der Waals surface area contributed by atoms with Crippen LogP contribution in [0.15, 0.2) is 30.3 Å². The molecule has 0 saturated heterocycles. The average molecular weight is 314 g/mol. The minimum Gasteiger partial charge on any atom is -0.454 e. The summed E-state index contributed by atoms with van der Waals surface area (Å²) in [6.07, 6.45) is -4.49. The molecule has 0 saturated carbocycles. The molecule has 0 atom stereocenters. The smallest absolute Gasteiger partial charge is 0.422 e. The Balaban J connectivity index is 2.18. The van der Waals surface area contributed by atoms with Gasteiger partial charge in [0.05, 0.1) is 0 Å². The van der Waals surface area contributed by atoms with Gasteiger partial charge in [-0.1, -0.05) is 24.1 Å². The number of rotatable bonds is 2. The van der Waals surface area contributed by atoms with Crippen LogP contribution >= 0.6 is 11.6 Å². The molecule has 108 valence electrons. The zero-order valence-corrected chi connectivity index (χ0v) is 11.1. The van der Waals surface area contributed by atoms with Gasteiger partial charge in [-0.05, 0) is 29.7 Å². The Morgan fingerprint density at radius 3 is 2.43 bits per heavy atom. The third kappa shape index (κ3) is 5.28. The van der Waals surface area contributed by atoms with Gasteiger partial charge < -0.3 is 4.74 Å². The van der Waals surface area contributed by atoms with Crippen LogP contribution in [0, 0.1) is 11.8 Å². The molecule has 0 aliphatic carbocycles. The quantitative estimate of drug-likeness (QED) is 0.800. The van der Waals surface area contributed by atoms with E-state index in [1.807, 2.05) is 6.07 Å². The highest BCUT2D eigenvalue weighted by molar-refractivity contribution is 6.28. The van der Waals surface area contributed by atoms with E-state index in [1.165, 1.54) is 0 Å². The fourth-order valence-electron chi connectivity index (χ4n) is 1.25. The molecule has 8 heteroatoms. The standard InChI is InChI=1S/C13H7ClF3N3O/c14-11-18-10(7-6-9-4-2-1-3-5-9)19-12(20-11)21-8-13(15,16)17/h1-5H,8H2. The van der Waals surface area contributed by atoms with Gasteiger partial charge in [0.1, 0.15) is 0 Å². The van der Waals surface area contributed by atoms with Crippen molar-refractivity contribution >= 4 is 11.6 Å². The summed E-state index contributed by atoms with van der Waals surface area (Å²) in [6.45, 7) is -1.51. The summed E-state index contributed by atoms with van der Waals surface area (Å²) in [5, 5.41) is -0.292. The number of hydrogen-bond acceptors (Lipinski definition) is 4. The van der Waals surface area contributed by atoms with Gasteiger partial charge in [-0.2, -0.15) is 28.1 Å². The summed E-state index contributed by atoms with van der Waals surface area (Å²) in [4.78, 5) is 10.8. The lowest BCUT2D eigenvalue weighted by Gasteiger charge is -2.07. The highest BCUT2D eigenvalue weighted by Gasteiger charge is 2.29. The van der Waals surface area contributed by atoms with Crippen molar-refractivity contribution in [2.45, 2.75) is 6.18 Å². The van der Waals surface area contributed by atoms with Crippen LogP contribution in [0.4, 0.5) is 13.2 Å². The topological polar surface area (TPSA) is 47.9 Å². The lowest BCUT2D eigenvalue weighted by molar-refractivity contribution is -0.154. The van der Waals surface area contributed by atoms with Crippen molar-refractivity contribution in [2.75, 3.05) is 6.61 Å². The third-order valence-electron chi connectivity index (χ3n) is 2.04. The maximum absolute atomic E-state index is 12.1. The molecule has 1 aromatic heterocycles. The summed E-state index contributed by atoms with van der Waals surface area (Å²) < 4.78 is 40.6. The fourth-order valence-corrected chi connectivity index (χ4v) is 1.40. The van der Waals surface area contributed by atoms with Crippen molar-refractivity contribution in [1.29, 1.82) is 0 Å². The lowest BCUT2D eigenvalue weighted by atomic mass is 10.2. The first-order valence-corrected chi connectivity index (χ1v) is 5.98. The molecule has 0 fully saturated rings. The Morgan fingerprint density at radius 2 is 1.76 bits per heavy atom. The maximum atomic E-state index is 12.1. The van der Waals surface area contributed by atoms with Crippen LogP contribution in [0.1, 0.15) is 11.4 Å². The number of hydrogen-bond donors (Lipinski definition) is 0. The van der Waals surface area contributed by atoms with E-state index in [4.69, 9.17) is 11.6 Å². The molecule has 2 aromatic rings. The van der Waals surface area contributed by atoms with Gasteiger partial charge in [0, 0.05) is 5.56 Å². The Morgan fingerprint density at radius 1 is 1.05 bits per heavy atom. The van der Waals surface area contributed by atoms with Crippen molar-refractivity contribution < 1.29 is 17.9 Å². The van der Waals surface area contributed by atoms with Crippen molar-refractivity contribution in [2.24, 2.45) is 0 Å². The molecule has 21 heavy (non-hydrogen) atoms. The lowest BCUT2D eigenvalue weighted by Crippen LogP contribution is -2.20. The normalized spacial score (nSPS) is 10.7. The zero-order chi connectivity index (χ0) is 15.3. The molecule has 1 aromatic carbocycles. The zero-order valence-electron chi connectivity index (χ0n) is 10.4. The van der Waals surface area contributed by atoms with Gasteiger partial charge in [-0.3, -0.25) is 0 Å². The highest BCUT2D eigenvalue weighted by atomic mass is 35.5. The molecule has 0 radical (unpaired) electrons. The third-order valence-corrected chi connectivity index (χ3v) is 2.21. The van der Waals surface area contributed by atoms with Crippen molar-refractivity contribution in [3.63, 3.8) is 0 Å². The molecule has 2 rings (SSSR count). The Kier molecular flexibility index (Phi) is 4.60. The second kappa shape index (κ2) is 6.41. The summed E-state index contributed by atoms with van der Waals surface area (Å²) in [5.74, 6) is 5.26. The second-order valence-corrected chi connectivity index (χ2v) is 4.07. The maximum Gasteiger partial charge on any atom is 0.422 e. The van der Waals surface area contributed by atoms with Gasteiger partial charge in [-0.25, -0.2) is 0 Å². The summed E-state index contributed by atoms with van der Waals surface area (Å²) in [6, 6.07) is 8.41. The monoisotopic (exact) mass is 313 g/mol. The van der Waals surface area contributed by atoms with Gasteiger partial charge >= 0.3 is 12.2 Å². The Hall–Kier alpha value is -2.33. The first-order chi connectivity index (χ1) is 9.92. The van der Waals surface area contributed by atoms with E-state index in [1.54, 1.807) is 24.3 Å². The predicted octanol–water partition coefficient (Wildman–Crippen LogP) is 2.87. The van der Waals surface area contributed by atoms with E-state index >= 15 is 0 Å². The average Bonchev–Trinajstić information content (AvgIpc) is 2.43. The molecule has 0 bridgehead atoms. The molecule has 0 spiro atoms. The van der Waals surface area contributed by atoms with Crippen LogP contribution < -0.4 is 4.74 Å². The van der Waals surface area contributed by atoms with Crippen LogP contribution in [0.2, 0.25) is 5.28 Å². The molecular formula is C13H7ClF3N3O. The van der Waals surface area contributed by atoms with Gasteiger partial charge in [0.15, 0.2) is 6.61 Å². The minimum absolute atomic E-state index is 0.0731. The molecule has 0 aliphatic heterocycles. The Bertz CT molecular complexity index is 681. The molecule has 4 nitrogen and oxygen atoms in total. The van der Waals surface area contributed by atoms with E-state index in [0.29, 0.717) is 5.56 Å². The van der Waals surface area contributed by atoms with Crippen LogP contribution in [0.25, 0.3) is 0 Å². The van der Waals surface area contributed by atoms with Crippen LogP contribution in [0.3, 0.4) is 0 Å². The van der Waals surface area contributed by atoms with Crippen LogP contribution in [0.5, 0.6) is 6.01 Å². The number of nitrogens with zero attached hydrogens (tertiary/aromatic N) is 3. The van der Waals surface area contributed by atoms with Crippen molar-refractivity contribution in [3.05, 3.63) is 47.0 Å². The van der Waals surface area contributed by atoms with E-state index in [0.717, 1.165) is 0 Å². The second-order valence-electron chi connectivity index (χ2n) is 3.73. The largest absolute Gasteiger partial charge is 0.454 e. The molecule has 0 unspecified atom stereocenters. The minimum atomic E-state index is -4.49. The summed E-state index contributed by atoms with van der Waals surface area (Å²) in [7, 11) is 0. The van der Waals surface area contributed by atoms with Crippen LogP contribution in [-0.4, -0.2) is 27.7 Å². The van der Waals surface area contributed by atoms with E-state index in [2.05, 4.69) is 31.5 Å².